The number of hydrogen-bond donors (Lipinski definition) is 1. The van der Waals surface area contributed by atoms with Gasteiger partial charge in [0.2, 0.25) is 5.91 Å². The summed E-state index contributed by atoms with van der Waals surface area (Å²) in [4.78, 5) is 12.5. The van der Waals surface area contributed by atoms with Gasteiger partial charge in [-0.05, 0) is 61.0 Å². The number of hydrogen-bond acceptors (Lipinski definition) is 3. The largest absolute Gasteiger partial charge is 0.497 e. The molecule has 0 bridgehead atoms. The molecule has 178 valence electrons. The molecule has 1 amide bonds. The number of ether oxygens (including phenoxy) is 1. The van der Waals surface area contributed by atoms with Crippen LogP contribution in [0.5, 0.6) is 5.75 Å². The summed E-state index contributed by atoms with van der Waals surface area (Å²) >= 11 is 18.7. The number of nitrogens with one attached hydrogen (secondary N) is 1. The number of rotatable bonds is 7. The molecule has 4 rings (SSSR count). The van der Waals surface area contributed by atoms with Crippen molar-refractivity contribution in [2.45, 2.75) is 13.5 Å². The Labute approximate surface area is 218 Å². The lowest BCUT2D eigenvalue weighted by molar-refractivity contribution is -0.116. The fourth-order valence-corrected chi connectivity index (χ4v) is 4.21. The predicted octanol–water partition coefficient (Wildman–Crippen LogP) is 7.15. The highest BCUT2D eigenvalue weighted by Gasteiger charge is 2.18. The molecule has 0 spiro atoms. The van der Waals surface area contributed by atoms with E-state index in [9.17, 15) is 4.79 Å². The van der Waals surface area contributed by atoms with E-state index in [2.05, 4.69) is 5.32 Å². The first-order chi connectivity index (χ1) is 16.9. The monoisotopic (exact) mass is 525 g/mol. The average molecular weight is 527 g/mol. The average Bonchev–Trinajstić information content (AvgIpc) is 3.18. The minimum Gasteiger partial charge on any atom is -0.497 e. The van der Waals surface area contributed by atoms with E-state index in [1.165, 1.54) is 6.08 Å². The molecule has 35 heavy (non-hydrogen) atoms. The number of carbonyl (C=O) groups excluding carboxylic acids is 1. The molecular formula is C27H22Cl3N3O2. The van der Waals surface area contributed by atoms with Gasteiger partial charge < -0.3 is 10.1 Å². The van der Waals surface area contributed by atoms with E-state index in [1.807, 2.05) is 61.5 Å². The predicted molar refractivity (Wildman–Crippen MR) is 143 cm³/mol. The zero-order chi connectivity index (χ0) is 24.9. The molecule has 3 aromatic carbocycles. The highest BCUT2D eigenvalue weighted by atomic mass is 35.5. The van der Waals surface area contributed by atoms with E-state index in [1.54, 1.807) is 30.0 Å². The summed E-state index contributed by atoms with van der Waals surface area (Å²) in [6, 6.07) is 20.2. The van der Waals surface area contributed by atoms with Crippen molar-refractivity contribution in [1.29, 1.82) is 0 Å². The second-order valence-electron chi connectivity index (χ2n) is 7.77. The van der Waals surface area contributed by atoms with Crippen LogP contribution >= 0.6 is 34.8 Å². The van der Waals surface area contributed by atoms with Gasteiger partial charge in [0.25, 0.3) is 0 Å². The summed E-state index contributed by atoms with van der Waals surface area (Å²) in [6.07, 6.45) is 3.16. The minimum atomic E-state index is -0.229. The molecule has 0 radical (unpaired) electrons. The van der Waals surface area contributed by atoms with Crippen LogP contribution in [0.3, 0.4) is 0 Å². The van der Waals surface area contributed by atoms with Crippen molar-refractivity contribution in [3.05, 3.63) is 105 Å². The van der Waals surface area contributed by atoms with Gasteiger partial charge in [0, 0.05) is 33.8 Å². The first-order valence-electron chi connectivity index (χ1n) is 10.8. The SMILES string of the molecule is COc1ccc(CNC(=O)/C=C/c2nn(-c3ccc(Cl)cc3Cl)c(-c3ccc(Cl)cc3)c2C)cc1. The molecule has 1 aromatic heterocycles. The Morgan fingerprint density at radius 1 is 1.00 bits per heavy atom. The molecule has 0 aliphatic heterocycles. The number of halogens is 3. The molecule has 0 saturated carbocycles. The van der Waals surface area contributed by atoms with Crippen molar-refractivity contribution in [2.75, 3.05) is 7.11 Å². The van der Waals surface area contributed by atoms with Crippen LogP contribution in [0.2, 0.25) is 15.1 Å². The quantitative estimate of drug-likeness (QED) is 0.260. The van der Waals surface area contributed by atoms with Crippen LogP contribution in [0.4, 0.5) is 0 Å². The first kappa shape index (κ1) is 24.9. The van der Waals surface area contributed by atoms with Crippen molar-refractivity contribution >= 4 is 46.8 Å². The summed E-state index contributed by atoms with van der Waals surface area (Å²) in [6.45, 7) is 2.35. The summed E-state index contributed by atoms with van der Waals surface area (Å²) in [5.74, 6) is 0.538. The first-order valence-corrected chi connectivity index (χ1v) is 11.9. The second-order valence-corrected chi connectivity index (χ2v) is 9.05. The third-order valence-electron chi connectivity index (χ3n) is 5.43. The molecule has 1 N–H and O–H groups in total. The molecule has 8 heteroatoms. The molecule has 0 saturated heterocycles. The Kier molecular flexibility index (Phi) is 7.81. The van der Waals surface area contributed by atoms with Gasteiger partial charge in [0.1, 0.15) is 5.75 Å². The Hall–Kier alpha value is -3.25. The van der Waals surface area contributed by atoms with Gasteiger partial charge >= 0.3 is 0 Å². The standard InChI is InChI=1S/C27H22Cl3N3O2/c1-17-24(12-14-26(34)31-16-18-3-10-22(35-2)11-4-18)32-33(25-13-9-21(29)15-23(25)30)27(17)19-5-7-20(28)8-6-19/h3-15H,16H2,1-2H3,(H,31,34)/b14-12+. The number of aromatic nitrogens is 2. The van der Waals surface area contributed by atoms with Crippen LogP contribution in [0, 0.1) is 6.92 Å². The van der Waals surface area contributed by atoms with Gasteiger partial charge in [-0.2, -0.15) is 5.10 Å². The number of nitrogens with zero attached hydrogens (tertiary/aromatic N) is 2. The number of carbonyl (C=O) groups is 1. The highest BCUT2D eigenvalue weighted by Crippen LogP contribution is 2.33. The van der Waals surface area contributed by atoms with Gasteiger partial charge in [0.15, 0.2) is 0 Å². The molecule has 0 aliphatic rings. The maximum atomic E-state index is 12.5. The van der Waals surface area contributed by atoms with Crippen molar-refractivity contribution in [2.24, 2.45) is 0 Å². The molecule has 0 aliphatic carbocycles. The molecule has 0 fully saturated rings. The van der Waals surface area contributed by atoms with Crippen molar-refractivity contribution in [3.63, 3.8) is 0 Å². The molecule has 5 nitrogen and oxygen atoms in total. The van der Waals surface area contributed by atoms with Crippen LogP contribution in [-0.2, 0) is 11.3 Å². The Morgan fingerprint density at radius 2 is 1.69 bits per heavy atom. The Balaban J connectivity index is 1.62. The maximum Gasteiger partial charge on any atom is 0.244 e. The topological polar surface area (TPSA) is 56.1 Å². The van der Waals surface area contributed by atoms with Crippen molar-refractivity contribution < 1.29 is 9.53 Å². The minimum absolute atomic E-state index is 0.229. The van der Waals surface area contributed by atoms with Gasteiger partial charge in [-0.15, -0.1) is 0 Å². The zero-order valence-electron chi connectivity index (χ0n) is 19.1. The Bertz CT molecular complexity index is 1380. The molecule has 1 heterocycles. The van der Waals surface area contributed by atoms with Crippen LogP contribution in [0.25, 0.3) is 23.0 Å². The van der Waals surface area contributed by atoms with Crippen LogP contribution < -0.4 is 10.1 Å². The van der Waals surface area contributed by atoms with Crippen molar-refractivity contribution in [1.82, 2.24) is 15.1 Å². The summed E-state index contributed by atoms with van der Waals surface area (Å²) in [5, 5.41) is 9.26. The lowest BCUT2D eigenvalue weighted by Gasteiger charge is -2.11. The van der Waals surface area contributed by atoms with Gasteiger partial charge in [-0.1, -0.05) is 59.1 Å². The summed E-state index contributed by atoms with van der Waals surface area (Å²) in [7, 11) is 1.62. The lowest BCUT2D eigenvalue weighted by atomic mass is 10.1. The van der Waals surface area contributed by atoms with E-state index < -0.39 is 0 Å². The molecule has 4 aromatic rings. The van der Waals surface area contributed by atoms with Crippen LogP contribution in [-0.4, -0.2) is 22.8 Å². The van der Waals surface area contributed by atoms with Gasteiger partial charge in [0.05, 0.1) is 29.2 Å². The maximum absolute atomic E-state index is 12.5. The normalized spacial score (nSPS) is 11.1. The summed E-state index contributed by atoms with van der Waals surface area (Å²) in [5.41, 5.74) is 4.92. The van der Waals surface area contributed by atoms with Crippen LogP contribution in [0.15, 0.2) is 72.8 Å². The highest BCUT2D eigenvalue weighted by molar-refractivity contribution is 6.35. The number of methoxy groups -OCH3 is 1. The fraction of sp³-hybridized carbons (Fsp3) is 0.111. The lowest BCUT2D eigenvalue weighted by Crippen LogP contribution is -2.20. The number of amides is 1. The van der Waals surface area contributed by atoms with E-state index in [0.717, 1.165) is 28.1 Å². The van der Waals surface area contributed by atoms with Crippen molar-refractivity contribution in [3.8, 4) is 22.7 Å². The molecule has 0 atom stereocenters. The fourth-order valence-electron chi connectivity index (χ4n) is 3.59. The van der Waals surface area contributed by atoms with Crippen LogP contribution in [0.1, 0.15) is 16.8 Å². The number of benzene rings is 3. The van der Waals surface area contributed by atoms with Gasteiger partial charge in [-0.3, -0.25) is 4.79 Å². The molecule has 0 unspecified atom stereocenters. The Morgan fingerprint density at radius 3 is 2.34 bits per heavy atom. The van der Waals surface area contributed by atoms with E-state index in [0.29, 0.717) is 33.0 Å². The van der Waals surface area contributed by atoms with E-state index >= 15 is 0 Å². The smallest absolute Gasteiger partial charge is 0.244 e. The second kappa shape index (κ2) is 11.0. The third kappa shape index (κ3) is 5.88. The zero-order valence-corrected chi connectivity index (χ0v) is 21.3. The third-order valence-corrected chi connectivity index (χ3v) is 6.22. The van der Waals surface area contributed by atoms with E-state index in [4.69, 9.17) is 44.6 Å². The van der Waals surface area contributed by atoms with E-state index in [-0.39, 0.29) is 5.91 Å². The molecular weight excluding hydrogens is 505 g/mol. The summed E-state index contributed by atoms with van der Waals surface area (Å²) < 4.78 is 6.92. The van der Waals surface area contributed by atoms with Gasteiger partial charge in [-0.25, -0.2) is 4.68 Å².